The van der Waals surface area contributed by atoms with E-state index in [4.69, 9.17) is 0 Å². The zero-order chi connectivity index (χ0) is 19.9. The summed E-state index contributed by atoms with van der Waals surface area (Å²) in [6, 6.07) is 18.9. The standard InChI is InChI=1S/C24H34N2O/c1-6-20-15-17-21(18-16-20)19(5)26(9-4)23(27)25-24(7-2,8-3)22-13-11-10-12-14-22/h10-19H,6-9H2,1-5H3,(H,25,27). The van der Waals surface area contributed by atoms with Crippen LogP contribution in [0.15, 0.2) is 54.6 Å². The third kappa shape index (κ3) is 4.71. The monoisotopic (exact) mass is 366 g/mol. The molecule has 27 heavy (non-hydrogen) atoms. The summed E-state index contributed by atoms with van der Waals surface area (Å²) in [6.07, 6.45) is 2.74. The van der Waals surface area contributed by atoms with Crippen LogP contribution in [0.1, 0.15) is 70.2 Å². The predicted molar refractivity (Wildman–Crippen MR) is 114 cm³/mol. The van der Waals surface area contributed by atoms with Crippen molar-refractivity contribution in [1.29, 1.82) is 0 Å². The molecule has 0 heterocycles. The van der Waals surface area contributed by atoms with Gasteiger partial charge in [0.25, 0.3) is 0 Å². The molecule has 1 atom stereocenters. The van der Waals surface area contributed by atoms with Gasteiger partial charge in [0.05, 0.1) is 11.6 Å². The lowest BCUT2D eigenvalue weighted by molar-refractivity contribution is 0.165. The minimum absolute atomic E-state index is 0.00267. The van der Waals surface area contributed by atoms with Gasteiger partial charge in [0.15, 0.2) is 0 Å². The molecular weight excluding hydrogens is 332 g/mol. The molecule has 3 nitrogen and oxygen atoms in total. The molecule has 0 aromatic heterocycles. The summed E-state index contributed by atoms with van der Waals surface area (Å²) in [7, 11) is 0. The van der Waals surface area contributed by atoms with E-state index in [1.807, 2.05) is 30.0 Å². The molecule has 0 aliphatic carbocycles. The van der Waals surface area contributed by atoms with Gasteiger partial charge in [-0.25, -0.2) is 4.79 Å². The SMILES string of the molecule is CCc1ccc(C(C)N(CC)C(=O)NC(CC)(CC)c2ccccc2)cc1. The number of hydrogen-bond donors (Lipinski definition) is 1. The molecule has 2 rings (SSSR count). The number of rotatable bonds is 8. The van der Waals surface area contributed by atoms with E-state index in [1.54, 1.807) is 0 Å². The molecule has 0 aliphatic rings. The van der Waals surface area contributed by atoms with Gasteiger partial charge in [0.1, 0.15) is 0 Å². The van der Waals surface area contributed by atoms with Crippen LogP contribution in [-0.4, -0.2) is 17.5 Å². The van der Waals surface area contributed by atoms with Crippen molar-refractivity contribution in [2.75, 3.05) is 6.54 Å². The first-order valence-electron chi connectivity index (χ1n) is 10.2. The molecule has 0 fully saturated rings. The van der Waals surface area contributed by atoms with Crippen LogP contribution in [0.25, 0.3) is 0 Å². The summed E-state index contributed by atoms with van der Waals surface area (Å²) in [5, 5.41) is 3.36. The van der Waals surface area contributed by atoms with Crippen LogP contribution in [0.5, 0.6) is 0 Å². The van der Waals surface area contributed by atoms with Gasteiger partial charge in [-0.3, -0.25) is 0 Å². The third-order valence-corrected chi connectivity index (χ3v) is 5.82. The fourth-order valence-electron chi connectivity index (χ4n) is 3.75. The van der Waals surface area contributed by atoms with Gasteiger partial charge in [-0.2, -0.15) is 0 Å². The molecule has 3 heteroatoms. The van der Waals surface area contributed by atoms with Crippen molar-refractivity contribution in [3.05, 3.63) is 71.3 Å². The minimum Gasteiger partial charge on any atom is -0.328 e. The maximum atomic E-state index is 13.2. The molecule has 1 N–H and O–H groups in total. The predicted octanol–water partition coefficient (Wildman–Crippen LogP) is 6.06. The largest absolute Gasteiger partial charge is 0.328 e. The van der Waals surface area contributed by atoms with Crippen LogP contribution in [-0.2, 0) is 12.0 Å². The Hall–Kier alpha value is -2.29. The number of carbonyl (C=O) groups excluding carboxylic acids is 1. The Labute approximate surface area is 164 Å². The molecule has 0 bridgehead atoms. The van der Waals surface area contributed by atoms with Gasteiger partial charge in [-0.1, -0.05) is 75.4 Å². The second-order valence-electron chi connectivity index (χ2n) is 7.14. The Kier molecular flexibility index (Phi) is 7.46. The first-order chi connectivity index (χ1) is 13.0. The van der Waals surface area contributed by atoms with E-state index in [1.165, 1.54) is 16.7 Å². The van der Waals surface area contributed by atoms with Gasteiger partial charge >= 0.3 is 6.03 Å². The molecule has 2 aromatic carbocycles. The minimum atomic E-state index is -0.336. The van der Waals surface area contributed by atoms with Crippen molar-refractivity contribution in [2.24, 2.45) is 0 Å². The van der Waals surface area contributed by atoms with Crippen LogP contribution in [0.3, 0.4) is 0 Å². The van der Waals surface area contributed by atoms with E-state index >= 15 is 0 Å². The van der Waals surface area contributed by atoms with E-state index in [-0.39, 0.29) is 17.6 Å². The highest BCUT2D eigenvalue weighted by atomic mass is 16.2. The molecule has 1 unspecified atom stereocenters. The van der Waals surface area contributed by atoms with Crippen molar-refractivity contribution in [3.8, 4) is 0 Å². The van der Waals surface area contributed by atoms with Gasteiger partial charge in [0, 0.05) is 6.54 Å². The summed E-state index contributed by atoms with van der Waals surface area (Å²) >= 11 is 0. The molecule has 2 aromatic rings. The number of carbonyl (C=O) groups is 1. The first-order valence-corrected chi connectivity index (χ1v) is 10.2. The highest BCUT2D eigenvalue weighted by molar-refractivity contribution is 5.76. The summed E-state index contributed by atoms with van der Waals surface area (Å²) in [4.78, 5) is 15.2. The maximum absolute atomic E-state index is 13.2. The number of aryl methyl sites for hydroxylation is 1. The lowest BCUT2D eigenvalue weighted by atomic mass is 9.85. The summed E-state index contributed by atoms with van der Waals surface area (Å²) in [5.74, 6) is 0. The second-order valence-corrected chi connectivity index (χ2v) is 7.14. The Morgan fingerprint density at radius 1 is 0.963 bits per heavy atom. The quantitative estimate of drug-likeness (QED) is 0.605. The Morgan fingerprint density at radius 3 is 2.04 bits per heavy atom. The van der Waals surface area contributed by atoms with Crippen LogP contribution >= 0.6 is 0 Å². The average Bonchev–Trinajstić information content (AvgIpc) is 2.73. The number of hydrogen-bond acceptors (Lipinski definition) is 1. The van der Waals surface area contributed by atoms with Crippen molar-refractivity contribution >= 4 is 6.03 Å². The van der Waals surface area contributed by atoms with Gasteiger partial charge in [0.2, 0.25) is 0 Å². The van der Waals surface area contributed by atoms with Gasteiger partial charge in [-0.05, 0) is 49.8 Å². The zero-order valence-corrected chi connectivity index (χ0v) is 17.5. The highest BCUT2D eigenvalue weighted by Crippen LogP contribution is 2.30. The van der Waals surface area contributed by atoms with E-state index < -0.39 is 0 Å². The van der Waals surface area contributed by atoms with Crippen molar-refractivity contribution in [1.82, 2.24) is 10.2 Å². The van der Waals surface area contributed by atoms with E-state index in [2.05, 4.69) is 69.4 Å². The van der Waals surface area contributed by atoms with E-state index in [9.17, 15) is 4.79 Å². The molecule has 0 aliphatic heterocycles. The molecule has 0 saturated carbocycles. The Bertz CT molecular complexity index is 705. The lowest BCUT2D eigenvalue weighted by Gasteiger charge is -2.37. The fraction of sp³-hybridized carbons (Fsp3) is 0.458. The normalized spacial score (nSPS) is 12.5. The zero-order valence-electron chi connectivity index (χ0n) is 17.5. The Balaban J connectivity index is 2.23. The first kappa shape index (κ1) is 21.0. The fourth-order valence-corrected chi connectivity index (χ4v) is 3.75. The van der Waals surface area contributed by atoms with Gasteiger partial charge < -0.3 is 10.2 Å². The molecule has 0 spiro atoms. The highest BCUT2D eigenvalue weighted by Gasteiger charge is 2.32. The third-order valence-electron chi connectivity index (χ3n) is 5.82. The smallest absolute Gasteiger partial charge is 0.318 e. The van der Waals surface area contributed by atoms with Crippen LogP contribution in [0, 0.1) is 0 Å². The number of nitrogens with zero attached hydrogens (tertiary/aromatic N) is 1. The summed E-state index contributed by atoms with van der Waals surface area (Å²) in [6.45, 7) is 11.2. The Morgan fingerprint density at radius 2 is 1.56 bits per heavy atom. The topological polar surface area (TPSA) is 32.3 Å². The van der Waals surface area contributed by atoms with Crippen LogP contribution < -0.4 is 5.32 Å². The van der Waals surface area contributed by atoms with Gasteiger partial charge in [-0.15, -0.1) is 0 Å². The van der Waals surface area contributed by atoms with E-state index in [0.29, 0.717) is 6.54 Å². The van der Waals surface area contributed by atoms with Crippen molar-refractivity contribution in [2.45, 2.75) is 65.5 Å². The molecule has 0 saturated heterocycles. The van der Waals surface area contributed by atoms with Crippen LogP contribution in [0.4, 0.5) is 4.79 Å². The van der Waals surface area contributed by atoms with Crippen molar-refractivity contribution in [3.63, 3.8) is 0 Å². The lowest BCUT2D eigenvalue weighted by Crippen LogP contribution is -2.51. The van der Waals surface area contributed by atoms with Crippen molar-refractivity contribution < 1.29 is 4.79 Å². The molecule has 0 radical (unpaired) electrons. The second kappa shape index (κ2) is 9.59. The number of nitrogens with one attached hydrogen (secondary N) is 1. The molecular formula is C24H34N2O. The molecule has 2 amide bonds. The number of amides is 2. The summed E-state index contributed by atoms with van der Waals surface area (Å²) < 4.78 is 0. The van der Waals surface area contributed by atoms with Crippen LogP contribution in [0.2, 0.25) is 0 Å². The maximum Gasteiger partial charge on any atom is 0.318 e. The number of benzene rings is 2. The summed E-state index contributed by atoms with van der Waals surface area (Å²) in [5.41, 5.74) is 3.32. The molecule has 146 valence electrons. The number of urea groups is 1. The van der Waals surface area contributed by atoms with E-state index in [0.717, 1.165) is 19.3 Å². The average molecular weight is 367 g/mol.